The van der Waals surface area contributed by atoms with Crippen molar-refractivity contribution in [2.45, 2.75) is 16.9 Å². The quantitative estimate of drug-likeness (QED) is 0.190. The number of alkyl halides is 8. The molecule has 0 rings (SSSR count). The average Bonchev–Trinajstić information content (AvgIpc) is 1.96. The van der Waals surface area contributed by atoms with Crippen LogP contribution in [0.4, 0.5) is 35.1 Å². The number of hydrogen-bond donors (Lipinski definition) is 0. The van der Waals surface area contributed by atoms with Gasteiger partial charge in [-0.05, 0) is 0 Å². The second-order valence-electron chi connectivity index (χ2n) is 2.37. The van der Waals surface area contributed by atoms with Gasteiger partial charge in [0.15, 0.2) is 20.2 Å². The minimum atomic E-state index is -6.67. The molecule has 6 nitrogen and oxygen atoms in total. The summed E-state index contributed by atoms with van der Waals surface area (Å²) in [5.74, 6) is 0. The van der Waals surface area contributed by atoms with E-state index in [0.29, 0.717) is 0 Å². The molecule has 0 saturated carbocycles. The summed E-state index contributed by atoms with van der Waals surface area (Å²) in [5.41, 5.74) is -5.65. The molecule has 0 aromatic heterocycles. The minimum Gasteiger partial charge on any atom is -0.743 e. The molecule has 0 aromatic rings. The third-order valence-corrected chi connectivity index (χ3v) is 2.35. The summed E-state index contributed by atoms with van der Waals surface area (Å²) >= 11 is 0. The van der Waals surface area contributed by atoms with E-state index in [0.717, 1.165) is 0 Å². The summed E-state index contributed by atoms with van der Waals surface area (Å²) in [6, 6.07) is 0. The van der Waals surface area contributed by atoms with Gasteiger partial charge in [0.1, 0.15) is 0 Å². The van der Waals surface area contributed by atoms with Gasteiger partial charge >= 0.3 is 87.2 Å². The zero-order valence-corrected chi connectivity index (χ0v) is 14.5. The van der Waals surface area contributed by atoms with E-state index < -0.39 is 37.2 Å². The Balaban J connectivity index is -0.000000131. The van der Waals surface area contributed by atoms with Gasteiger partial charge in [-0.1, -0.05) is 0 Å². The largest absolute Gasteiger partial charge is 1.00 e. The van der Waals surface area contributed by atoms with Crippen molar-refractivity contribution in [1.82, 2.24) is 0 Å². The monoisotopic (exact) mass is 394 g/mol. The van der Waals surface area contributed by atoms with Crippen LogP contribution in [0.3, 0.4) is 0 Å². The van der Waals surface area contributed by atoms with E-state index in [2.05, 4.69) is 0 Å². The average molecular weight is 394 g/mol. The summed E-state index contributed by atoms with van der Waals surface area (Å²) in [5, 5.41) is -6.21. The zero-order chi connectivity index (χ0) is 16.5. The molecule has 18 heteroatoms. The molecule has 21 heavy (non-hydrogen) atoms. The van der Waals surface area contributed by atoms with Crippen molar-refractivity contribution in [2.75, 3.05) is 0 Å². The Hall–Kier alpha value is 1.49. The molecule has 0 heterocycles. The van der Waals surface area contributed by atoms with E-state index in [4.69, 9.17) is 13.0 Å². The Labute approximate surface area is 166 Å². The Morgan fingerprint density at radius 2 is 0.857 bits per heavy atom. The van der Waals surface area contributed by atoms with Crippen molar-refractivity contribution < 1.29 is 131 Å². The number of rotatable bonds is 1. The van der Waals surface area contributed by atoms with Gasteiger partial charge in [-0.3, -0.25) is 0 Å². The van der Waals surface area contributed by atoms with Gasteiger partial charge in [0.25, 0.3) is 0 Å². The van der Waals surface area contributed by atoms with Crippen LogP contribution in [0.5, 0.6) is 0 Å². The van der Waals surface area contributed by atoms with Crippen LogP contribution in [0.1, 0.15) is 0 Å². The van der Waals surface area contributed by atoms with E-state index in [1.54, 1.807) is 0 Å². The SMILES string of the molecule is O=S(=O)([O-])C(F)(F)C(F)(F)F.O=S(=O)([O-])C(F)(F)F.[K+].[Li+]. The first-order valence-corrected chi connectivity index (χ1v) is 5.99. The molecule has 0 aliphatic carbocycles. The maximum Gasteiger partial charge on any atom is 1.00 e. The van der Waals surface area contributed by atoms with Crippen LogP contribution < -0.4 is 70.2 Å². The van der Waals surface area contributed by atoms with Crippen LogP contribution in [-0.2, 0) is 20.2 Å². The first-order chi connectivity index (χ1) is 7.75. The molecule has 0 spiro atoms. The normalized spacial score (nSPS) is 13.2. The second kappa shape index (κ2) is 9.10. The zero-order valence-electron chi connectivity index (χ0n) is 9.79. The van der Waals surface area contributed by atoms with Crippen molar-refractivity contribution in [3.63, 3.8) is 0 Å². The molecule has 0 radical (unpaired) electrons. The van der Waals surface area contributed by atoms with E-state index in [1.165, 1.54) is 0 Å². The fourth-order valence-electron chi connectivity index (χ4n) is 0.142. The number of halogens is 8. The summed E-state index contributed by atoms with van der Waals surface area (Å²) in [6.07, 6.45) is -6.35. The predicted molar refractivity (Wildman–Crippen MR) is 36.5 cm³/mol. The Morgan fingerprint density at radius 3 is 0.857 bits per heavy atom. The second-order valence-corrected chi connectivity index (χ2v) is 5.16. The fraction of sp³-hybridized carbons (Fsp3) is 1.00. The maximum atomic E-state index is 11.4. The Kier molecular flexibility index (Phi) is 13.2. The van der Waals surface area contributed by atoms with Crippen LogP contribution in [-0.4, -0.2) is 42.9 Å². The molecule has 0 aliphatic heterocycles. The summed E-state index contributed by atoms with van der Waals surface area (Å²) in [7, 11) is -12.8. The topological polar surface area (TPSA) is 114 Å². The molecular weight excluding hydrogens is 394 g/mol. The standard InChI is InChI=1S/C2HF5O3S.CHF3O3S.K.Li/c3-1(4,5)2(6,7)11(8,9)10;2-1(3,4)8(5,6)7;;/h(H,8,9,10);(H,5,6,7);;/q;;2*+1/p-2. The third-order valence-electron chi connectivity index (χ3n) is 0.927. The van der Waals surface area contributed by atoms with Gasteiger partial charge in [0.05, 0.1) is 0 Å². The van der Waals surface area contributed by atoms with Gasteiger partial charge in [0, 0.05) is 0 Å². The van der Waals surface area contributed by atoms with Gasteiger partial charge in [-0.25, -0.2) is 16.8 Å². The van der Waals surface area contributed by atoms with Crippen molar-refractivity contribution in [1.29, 1.82) is 0 Å². The molecule has 0 fully saturated rings. The van der Waals surface area contributed by atoms with Crippen LogP contribution in [0, 0.1) is 0 Å². The fourth-order valence-corrected chi connectivity index (χ4v) is 0.425. The van der Waals surface area contributed by atoms with Crippen molar-refractivity contribution >= 4 is 20.2 Å². The van der Waals surface area contributed by atoms with Crippen LogP contribution >= 0.6 is 0 Å². The molecule has 0 saturated heterocycles. The smallest absolute Gasteiger partial charge is 0.743 e. The summed E-state index contributed by atoms with van der Waals surface area (Å²) in [6.45, 7) is 0. The minimum absolute atomic E-state index is 0. The summed E-state index contributed by atoms with van der Waals surface area (Å²) in [4.78, 5) is 0. The first kappa shape index (κ1) is 30.4. The van der Waals surface area contributed by atoms with Crippen molar-refractivity contribution in [3.8, 4) is 0 Å². The van der Waals surface area contributed by atoms with E-state index >= 15 is 0 Å². The predicted octanol–water partition coefficient (Wildman–Crippen LogP) is -5.25. The molecule has 0 amide bonds. The van der Waals surface area contributed by atoms with E-state index in [-0.39, 0.29) is 70.2 Å². The van der Waals surface area contributed by atoms with Gasteiger partial charge in [-0.2, -0.15) is 35.1 Å². The van der Waals surface area contributed by atoms with Gasteiger partial charge in [-0.15, -0.1) is 0 Å². The third kappa shape index (κ3) is 10.1. The van der Waals surface area contributed by atoms with Crippen molar-refractivity contribution in [2.24, 2.45) is 0 Å². The van der Waals surface area contributed by atoms with Crippen molar-refractivity contribution in [3.05, 3.63) is 0 Å². The van der Waals surface area contributed by atoms with E-state index in [9.17, 15) is 48.1 Å². The first-order valence-electron chi connectivity index (χ1n) is 3.17. The maximum absolute atomic E-state index is 11.4. The molecule has 0 aromatic carbocycles. The summed E-state index contributed by atoms with van der Waals surface area (Å²) < 4.78 is 143. The molecule has 0 N–H and O–H groups in total. The van der Waals surface area contributed by atoms with Crippen LogP contribution in [0.25, 0.3) is 0 Å². The van der Waals surface area contributed by atoms with E-state index in [1.807, 2.05) is 0 Å². The molecule has 118 valence electrons. The van der Waals surface area contributed by atoms with Gasteiger partial charge < -0.3 is 9.11 Å². The van der Waals surface area contributed by atoms with Crippen LogP contribution in [0.15, 0.2) is 0 Å². The molecule has 0 atom stereocenters. The number of hydrogen-bond acceptors (Lipinski definition) is 6. The van der Waals surface area contributed by atoms with Crippen LogP contribution in [0.2, 0.25) is 0 Å². The molecule has 0 bridgehead atoms. The molecule has 0 unspecified atom stereocenters. The van der Waals surface area contributed by atoms with Gasteiger partial charge in [0.2, 0.25) is 0 Å². The molecular formula is C3F8KLiO6S2. The Bertz CT molecular complexity index is 507. The Morgan fingerprint density at radius 1 is 0.667 bits per heavy atom. The molecule has 0 aliphatic rings.